The van der Waals surface area contributed by atoms with Gasteiger partial charge in [0.25, 0.3) is 0 Å². The minimum Gasteiger partial charge on any atom is -0.363 e. The second kappa shape index (κ2) is 10.0. The molecule has 0 aliphatic rings. The van der Waals surface area contributed by atoms with E-state index in [4.69, 9.17) is 28.2 Å². The molecule has 0 saturated heterocycles. The Morgan fingerprint density at radius 3 is 2.09 bits per heavy atom. The number of aromatic nitrogens is 3. The van der Waals surface area contributed by atoms with E-state index in [1.54, 1.807) is 30.5 Å². The number of hydrogen-bond donors (Lipinski definition) is 3. The average Bonchev–Trinajstić information content (AvgIpc) is 3.34. The Morgan fingerprint density at radius 2 is 1.43 bits per heavy atom. The molecule has 0 unspecified atom stereocenters. The summed E-state index contributed by atoms with van der Waals surface area (Å²) < 4.78 is 1.93. The molecule has 9 heteroatoms. The SMILES string of the molecule is O=C(Nc1ccc(Cl)cc1)Nc1ccc(-c2cn3ccnc3c(NCc3ccc(Cl)cc3)n2)cc1. The summed E-state index contributed by atoms with van der Waals surface area (Å²) in [7, 11) is 0. The highest BCUT2D eigenvalue weighted by atomic mass is 35.5. The Hall–Kier alpha value is -4.07. The average molecular weight is 503 g/mol. The molecule has 0 atom stereocenters. The summed E-state index contributed by atoms with van der Waals surface area (Å²) in [6.45, 7) is 0.585. The van der Waals surface area contributed by atoms with Crippen molar-refractivity contribution >= 4 is 52.1 Å². The van der Waals surface area contributed by atoms with Gasteiger partial charge in [0.15, 0.2) is 11.5 Å². The fraction of sp³-hybridized carbons (Fsp3) is 0.0385. The van der Waals surface area contributed by atoms with Crippen LogP contribution in [0.4, 0.5) is 22.0 Å². The lowest BCUT2D eigenvalue weighted by Gasteiger charge is -2.11. The predicted molar refractivity (Wildman–Crippen MR) is 141 cm³/mol. The van der Waals surface area contributed by atoms with Crippen LogP contribution in [0.1, 0.15) is 5.56 Å². The van der Waals surface area contributed by atoms with Crippen LogP contribution in [-0.2, 0) is 6.54 Å². The smallest absolute Gasteiger partial charge is 0.323 e. The Bertz CT molecular complexity index is 1470. The normalized spacial score (nSPS) is 10.8. The van der Waals surface area contributed by atoms with Gasteiger partial charge in [0.2, 0.25) is 0 Å². The van der Waals surface area contributed by atoms with Crippen LogP contribution in [0.2, 0.25) is 10.0 Å². The number of rotatable bonds is 6. The van der Waals surface area contributed by atoms with E-state index in [0.717, 1.165) is 22.5 Å². The topological polar surface area (TPSA) is 83.4 Å². The van der Waals surface area contributed by atoms with E-state index < -0.39 is 0 Å². The van der Waals surface area contributed by atoms with Crippen molar-refractivity contribution in [1.29, 1.82) is 0 Å². The van der Waals surface area contributed by atoms with Gasteiger partial charge in [-0.2, -0.15) is 0 Å². The van der Waals surface area contributed by atoms with E-state index in [9.17, 15) is 4.79 Å². The molecule has 2 heterocycles. The van der Waals surface area contributed by atoms with Crippen LogP contribution in [0.3, 0.4) is 0 Å². The number of urea groups is 1. The van der Waals surface area contributed by atoms with Crippen molar-refractivity contribution in [2.75, 3.05) is 16.0 Å². The molecular weight excluding hydrogens is 483 g/mol. The number of nitrogens with zero attached hydrogens (tertiary/aromatic N) is 3. The van der Waals surface area contributed by atoms with Crippen LogP contribution in [0.15, 0.2) is 91.4 Å². The second-order valence-corrected chi connectivity index (χ2v) is 8.65. The Morgan fingerprint density at radius 1 is 0.829 bits per heavy atom. The van der Waals surface area contributed by atoms with Crippen molar-refractivity contribution in [2.45, 2.75) is 6.54 Å². The number of carbonyl (C=O) groups excluding carboxylic acids is 1. The first-order chi connectivity index (χ1) is 17.0. The molecule has 3 aromatic carbocycles. The Balaban J connectivity index is 1.31. The molecule has 35 heavy (non-hydrogen) atoms. The largest absolute Gasteiger partial charge is 0.363 e. The Kier molecular flexibility index (Phi) is 6.52. The zero-order valence-electron chi connectivity index (χ0n) is 18.4. The van der Waals surface area contributed by atoms with Gasteiger partial charge in [0, 0.05) is 52.1 Å². The van der Waals surface area contributed by atoms with Gasteiger partial charge in [0.1, 0.15) is 0 Å². The lowest BCUT2D eigenvalue weighted by molar-refractivity contribution is 0.262. The van der Waals surface area contributed by atoms with E-state index in [-0.39, 0.29) is 6.03 Å². The van der Waals surface area contributed by atoms with Gasteiger partial charge in [-0.25, -0.2) is 14.8 Å². The molecule has 2 amide bonds. The summed E-state index contributed by atoms with van der Waals surface area (Å²) in [6.07, 6.45) is 5.54. The highest BCUT2D eigenvalue weighted by Crippen LogP contribution is 2.24. The number of carbonyl (C=O) groups is 1. The predicted octanol–water partition coefficient (Wildman–Crippen LogP) is 6.96. The van der Waals surface area contributed by atoms with Crippen LogP contribution in [0.5, 0.6) is 0 Å². The van der Waals surface area contributed by atoms with E-state index in [0.29, 0.717) is 33.8 Å². The third-order valence-electron chi connectivity index (χ3n) is 5.29. The van der Waals surface area contributed by atoms with Crippen molar-refractivity contribution in [3.05, 3.63) is 107 Å². The molecule has 174 valence electrons. The van der Waals surface area contributed by atoms with E-state index in [1.807, 2.05) is 65.3 Å². The monoisotopic (exact) mass is 502 g/mol. The van der Waals surface area contributed by atoms with Crippen LogP contribution >= 0.6 is 23.2 Å². The lowest BCUT2D eigenvalue weighted by Crippen LogP contribution is -2.19. The van der Waals surface area contributed by atoms with Gasteiger partial charge in [-0.15, -0.1) is 0 Å². The maximum absolute atomic E-state index is 12.3. The fourth-order valence-corrected chi connectivity index (χ4v) is 3.78. The summed E-state index contributed by atoms with van der Waals surface area (Å²) in [4.78, 5) is 21.5. The molecule has 5 rings (SSSR count). The molecule has 0 fully saturated rings. The molecule has 7 nitrogen and oxygen atoms in total. The van der Waals surface area contributed by atoms with Gasteiger partial charge in [-0.1, -0.05) is 47.5 Å². The van der Waals surface area contributed by atoms with Crippen LogP contribution in [-0.4, -0.2) is 20.4 Å². The van der Waals surface area contributed by atoms with Crippen LogP contribution < -0.4 is 16.0 Å². The summed E-state index contributed by atoms with van der Waals surface area (Å²) in [5.74, 6) is 0.673. The second-order valence-electron chi connectivity index (χ2n) is 7.78. The molecule has 0 radical (unpaired) electrons. The minimum atomic E-state index is -0.341. The molecule has 0 bridgehead atoms. The molecule has 5 aromatic rings. The number of benzene rings is 3. The molecule has 0 saturated carbocycles. The summed E-state index contributed by atoms with van der Waals surface area (Å²) in [5.41, 5.74) is 4.80. The standard InChI is InChI=1S/C26H20Cl2N6O/c27-19-5-1-17(2-6-19)15-30-24-25-29-13-14-34(25)16-23(33-24)18-3-9-21(10-4-18)31-26(35)32-22-11-7-20(28)8-12-22/h1-14,16H,15H2,(H,30,33)(H2,31,32,35). The van der Waals surface area contributed by atoms with Gasteiger partial charge >= 0.3 is 6.03 Å². The molecule has 0 spiro atoms. The number of anilines is 3. The van der Waals surface area contributed by atoms with Gasteiger partial charge in [0.05, 0.1) is 5.69 Å². The summed E-state index contributed by atoms with van der Waals surface area (Å²) in [5, 5.41) is 10.3. The quantitative estimate of drug-likeness (QED) is 0.234. The van der Waals surface area contributed by atoms with Gasteiger partial charge in [-0.05, 0) is 54.1 Å². The molecule has 0 aliphatic heterocycles. The van der Waals surface area contributed by atoms with Crippen LogP contribution in [0, 0.1) is 0 Å². The van der Waals surface area contributed by atoms with E-state index in [1.165, 1.54) is 0 Å². The molecule has 3 N–H and O–H groups in total. The van der Waals surface area contributed by atoms with Gasteiger partial charge in [-0.3, -0.25) is 0 Å². The first kappa shape index (κ1) is 22.7. The first-order valence-corrected chi connectivity index (χ1v) is 11.6. The number of amides is 2. The third kappa shape index (κ3) is 5.54. The summed E-state index contributed by atoms with van der Waals surface area (Å²) in [6, 6.07) is 21.7. The van der Waals surface area contributed by atoms with Crippen molar-refractivity contribution in [2.24, 2.45) is 0 Å². The van der Waals surface area contributed by atoms with E-state index in [2.05, 4.69) is 20.9 Å². The molecule has 2 aromatic heterocycles. The van der Waals surface area contributed by atoms with E-state index >= 15 is 0 Å². The number of hydrogen-bond acceptors (Lipinski definition) is 4. The number of halogens is 2. The van der Waals surface area contributed by atoms with Crippen molar-refractivity contribution in [3.63, 3.8) is 0 Å². The molecule has 0 aliphatic carbocycles. The number of fused-ring (bicyclic) bond motifs is 1. The third-order valence-corrected chi connectivity index (χ3v) is 5.79. The zero-order valence-corrected chi connectivity index (χ0v) is 19.9. The first-order valence-electron chi connectivity index (χ1n) is 10.8. The van der Waals surface area contributed by atoms with Crippen molar-refractivity contribution in [1.82, 2.24) is 14.4 Å². The fourth-order valence-electron chi connectivity index (χ4n) is 3.53. The zero-order chi connectivity index (χ0) is 24.2. The summed E-state index contributed by atoms with van der Waals surface area (Å²) >= 11 is 11.9. The van der Waals surface area contributed by atoms with Crippen molar-refractivity contribution < 1.29 is 4.79 Å². The van der Waals surface area contributed by atoms with Crippen molar-refractivity contribution in [3.8, 4) is 11.3 Å². The molecular formula is C26H20Cl2N6O. The highest BCUT2D eigenvalue weighted by Gasteiger charge is 2.10. The maximum atomic E-state index is 12.3. The van der Waals surface area contributed by atoms with Crippen LogP contribution in [0.25, 0.3) is 16.9 Å². The maximum Gasteiger partial charge on any atom is 0.323 e. The Labute approximate surface area is 211 Å². The number of nitrogens with one attached hydrogen (secondary N) is 3. The minimum absolute atomic E-state index is 0.341. The van der Waals surface area contributed by atoms with Gasteiger partial charge < -0.3 is 20.4 Å². The number of imidazole rings is 1. The highest BCUT2D eigenvalue weighted by molar-refractivity contribution is 6.30. The lowest BCUT2D eigenvalue weighted by atomic mass is 10.1.